The number of fused-ring (bicyclic) bond motifs is 9. The van der Waals surface area contributed by atoms with Crippen LogP contribution in [0.1, 0.15) is 90.6 Å². The van der Waals surface area contributed by atoms with Crippen LogP contribution in [0.4, 0.5) is 28.4 Å². The first-order valence-electron chi connectivity index (χ1n) is 26.1. The van der Waals surface area contributed by atoms with E-state index in [-0.39, 0.29) is 10.8 Å². The molecule has 0 N–H and O–H groups in total. The van der Waals surface area contributed by atoms with Gasteiger partial charge in [-0.05, 0) is 156 Å². The van der Waals surface area contributed by atoms with Crippen molar-refractivity contribution in [2.24, 2.45) is 0 Å². The summed E-state index contributed by atoms with van der Waals surface area (Å²) >= 11 is 0. The minimum Gasteiger partial charge on any atom is -0.314 e. The Balaban J connectivity index is 0.852. The first kappa shape index (κ1) is 43.3. The molecule has 0 fully saturated rings. The van der Waals surface area contributed by atoms with Gasteiger partial charge in [-0.15, -0.1) is 0 Å². The number of hydrogen-bond donors (Lipinski definition) is 0. The number of para-hydroxylation sites is 3. The minimum atomic E-state index is -0.549. The molecule has 0 unspecified atom stereocenters. The topological polar surface area (TPSA) is 6.48 Å². The van der Waals surface area contributed by atoms with Gasteiger partial charge in [0.05, 0.1) is 16.8 Å². The van der Waals surface area contributed by atoms with E-state index in [9.17, 15) is 0 Å². The van der Waals surface area contributed by atoms with Crippen LogP contribution in [0.25, 0.3) is 44.8 Å². The van der Waals surface area contributed by atoms with Crippen molar-refractivity contribution in [2.45, 2.75) is 56.8 Å². The average molecular weight is 937 g/mol. The van der Waals surface area contributed by atoms with E-state index in [2.05, 4.69) is 280 Å². The normalized spacial score (nSPS) is 16.5. The van der Waals surface area contributed by atoms with Crippen molar-refractivity contribution in [1.29, 1.82) is 0 Å². The summed E-state index contributed by atoms with van der Waals surface area (Å²) in [6, 6.07) is 82.2. The van der Waals surface area contributed by atoms with Gasteiger partial charge in [-0.2, -0.15) is 0 Å². The van der Waals surface area contributed by atoms with E-state index in [1.807, 2.05) is 0 Å². The van der Waals surface area contributed by atoms with Crippen LogP contribution in [0.15, 0.2) is 242 Å². The molecule has 4 aliphatic rings. The van der Waals surface area contributed by atoms with Gasteiger partial charge in [-0.25, -0.2) is 0 Å². The lowest BCUT2D eigenvalue weighted by Crippen LogP contribution is -2.35. The maximum atomic E-state index is 2.58. The van der Waals surface area contributed by atoms with Gasteiger partial charge in [0, 0.05) is 33.6 Å². The lowest BCUT2D eigenvalue weighted by Gasteiger charge is -2.44. The molecule has 2 heterocycles. The summed E-state index contributed by atoms with van der Waals surface area (Å²) < 4.78 is 0. The van der Waals surface area contributed by atoms with E-state index < -0.39 is 5.41 Å². The van der Waals surface area contributed by atoms with Crippen molar-refractivity contribution in [3.05, 3.63) is 292 Å². The standard InChI is InChI=1S/C71H56N2/c1-69(2)59-23-11-15-27-65(59)72(66-28-16-12-24-60(66)69)53-37-41-56-50(45-53)36-35-49-43-47(33-39-55(49)56)31-32-48-34-40-57-58-42-38-54(73-67-29-17-13-25-61(67)70(3,4)62-26-14-18-30-68(62)73)46-64(58)71(63(57)44-48,51-19-7-5-8-20-51)52-21-9-6-10-22-52/h5-17,19-29,31-46H,18,30H2,1-4H3/b32-31+. The Bertz CT molecular complexity index is 3890. The molecule has 10 aromatic carbocycles. The van der Waals surface area contributed by atoms with Gasteiger partial charge in [0.1, 0.15) is 0 Å². The smallest absolute Gasteiger partial charge is 0.0714 e. The first-order chi connectivity index (χ1) is 35.7. The summed E-state index contributed by atoms with van der Waals surface area (Å²) in [4.78, 5) is 5.03. The summed E-state index contributed by atoms with van der Waals surface area (Å²) in [5.74, 6) is 0. The quantitative estimate of drug-likeness (QED) is 0.121. The van der Waals surface area contributed by atoms with Gasteiger partial charge in [-0.1, -0.05) is 216 Å². The van der Waals surface area contributed by atoms with E-state index >= 15 is 0 Å². The number of hydrogen-bond acceptors (Lipinski definition) is 2. The summed E-state index contributed by atoms with van der Waals surface area (Å²) in [5, 5.41) is 4.99. The second-order valence-corrected chi connectivity index (χ2v) is 21.6. The maximum absolute atomic E-state index is 2.58. The third-order valence-corrected chi connectivity index (χ3v) is 16.9. The highest BCUT2D eigenvalue weighted by Crippen LogP contribution is 2.59. The van der Waals surface area contributed by atoms with Gasteiger partial charge in [0.2, 0.25) is 0 Å². The summed E-state index contributed by atoms with van der Waals surface area (Å²) in [7, 11) is 0. The molecular weight excluding hydrogens is 881 g/mol. The van der Waals surface area contributed by atoms with E-state index in [0.29, 0.717) is 0 Å². The Hall–Kier alpha value is -8.46. The maximum Gasteiger partial charge on any atom is 0.0714 e. The molecule has 0 atom stereocenters. The molecule has 0 saturated carbocycles. The lowest BCUT2D eigenvalue weighted by atomic mass is 9.67. The molecular formula is C71H56N2. The van der Waals surface area contributed by atoms with Crippen LogP contribution >= 0.6 is 0 Å². The first-order valence-corrected chi connectivity index (χ1v) is 26.1. The van der Waals surface area contributed by atoms with Gasteiger partial charge in [-0.3, -0.25) is 0 Å². The summed E-state index contributed by atoms with van der Waals surface area (Å²) in [6.07, 6.45) is 11.4. The van der Waals surface area contributed by atoms with E-state index in [1.165, 1.54) is 122 Å². The average Bonchev–Trinajstić information content (AvgIpc) is 3.73. The molecule has 2 aliphatic heterocycles. The predicted molar refractivity (Wildman–Crippen MR) is 308 cm³/mol. The largest absolute Gasteiger partial charge is 0.314 e. The molecule has 0 aromatic heterocycles. The molecule has 14 rings (SSSR count). The van der Waals surface area contributed by atoms with Gasteiger partial charge >= 0.3 is 0 Å². The fourth-order valence-corrected chi connectivity index (χ4v) is 13.4. The number of rotatable bonds is 6. The van der Waals surface area contributed by atoms with Gasteiger partial charge < -0.3 is 9.80 Å². The molecule has 0 spiro atoms. The third-order valence-electron chi connectivity index (χ3n) is 16.9. The fourth-order valence-electron chi connectivity index (χ4n) is 13.4. The Morgan fingerprint density at radius 3 is 1.52 bits per heavy atom. The van der Waals surface area contributed by atoms with Crippen molar-refractivity contribution in [2.75, 3.05) is 9.80 Å². The molecule has 10 aromatic rings. The zero-order valence-corrected chi connectivity index (χ0v) is 41.9. The van der Waals surface area contributed by atoms with Crippen LogP contribution < -0.4 is 9.80 Å². The van der Waals surface area contributed by atoms with Crippen molar-refractivity contribution in [3.8, 4) is 11.1 Å². The zero-order chi connectivity index (χ0) is 49.1. The van der Waals surface area contributed by atoms with Gasteiger partial charge in [0.25, 0.3) is 0 Å². The Kier molecular flexibility index (Phi) is 9.67. The van der Waals surface area contributed by atoms with E-state index in [1.54, 1.807) is 0 Å². The minimum absolute atomic E-state index is 0.0898. The molecule has 0 bridgehead atoms. The summed E-state index contributed by atoms with van der Waals surface area (Å²) in [6.45, 7) is 9.47. The highest BCUT2D eigenvalue weighted by atomic mass is 15.2. The Morgan fingerprint density at radius 2 is 0.877 bits per heavy atom. The van der Waals surface area contributed by atoms with Crippen molar-refractivity contribution >= 4 is 62.1 Å². The van der Waals surface area contributed by atoms with Crippen molar-refractivity contribution < 1.29 is 0 Å². The number of benzene rings is 10. The molecule has 2 aliphatic carbocycles. The molecule has 350 valence electrons. The van der Waals surface area contributed by atoms with E-state index in [4.69, 9.17) is 0 Å². The fraction of sp³-hybridized carbons (Fsp3) is 0.127. The van der Waals surface area contributed by atoms with Crippen molar-refractivity contribution in [3.63, 3.8) is 0 Å². The van der Waals surface area contributed by atoms with Crippen molar-refractivity contribution in [1.82, 2.24) is 0 Å². The highest BCUT2D eigenvalue weighted by Gasteiger charge is 2.47. The second-order valence-electron chi connectivity index (χ2n) is 21.6. The molecule has 73 heavy (non-hydrogen) atoms. The number of nitrogens with zero attached hydrogens (tertiary/aromatic N) is 2. The zero-order valence-electron chi connectivity index (χ0n) is 41.9. The predicted octanol–water partition coefficient (Wildman–Crippen LogP) is 18.7. The van der Waals surface area contributed by atoms with Crippen LogP contribution in [-0.2, 0) is 16.2 Å². The molecule has 0 amide bonds. The number of anilines is 5. The van der Waals surface area contributed by atoms with Crippen LogP contribution in [0.3, 0.4) is 0 Å². The van der Waals surface area contributed by atoms with Crippen LogP contribution in [0, 0.1) is 0 Å². The van der Waals surface area contributed by atoms with E-state index in [0.717, 1.165) is 12.8 Å². The third kappa shape index (κ3) is 6.42. The highest BCUT2D eigenvalue weighted by molar-refractivity contribution is 6.09. The molecule has 2 heteroatoms. The Labute approximate surface area is 429 Å². The van der Waals surface area contributed by atoms with Crippen LogP contribution in [-0.4, -0.2) is 0 Å². The van der Waals surface area contributed by atoms with Crippen LogP contribution in [0.5, 0.6) is 0 Å². The molecule has 0 radical (unpaired) electrons. The van der Waals surface area contributed by atoms with Gasteiger partial charge in [0.15, 0.2) is 0 Å². The Morgan fingerprint density at radius 1 is 0.397 bits per heavy atom. The lowest BCUT2D eigenvalue weighted by molar-refractivity contribution is 0.603. The number of allylic oxidation sites excluding steroid dienone is 4. The van der Waals surface area contributed by atoms with Crippen LogP contribution in [0.2, 0.25) is 0 Å². The second kappa shape index (κ2) is 16.3. The monoisotopic (exact) mass is 936 g/mol. The molecule has 0 saturated heterocycles. The molecule has 2 nitrogen and oxygen atoms in total. The SMILES string of the molecule is CC1(C)C2=C(CCC=C2)N(c2ccc3c(c2)C(c2ccccc2)(c2ccccc2)c2cc(/C=C/c4ccc5c(ccc6cc(N7c8ccccc8C(C)(C)c8ccccc87)ccc65)c4)ccc2-3)c2ccccc21. The summed E-state index contributed by atoms with van der Waals surface area (Å²) in [5.41, 5.74) is 22.4.